The molecule has 0 aliphatic heterocycles. The van der Waals surface area contributed by atoms with Crippen molar-refractivity contribution in [2.24, 2.45) is 0 Å². The number of phenolic OH excluding ortho intramolecular Hbond substituents is 1. The Morgan fingerprint density at radius 2 is 1.76 bits per heavy atom. The van der Waals surface area contributed by atoms with Crippen molar-refractivity contribution in [3.63, 3.8) is 0 Å². The van der Waals surface area contributed by atoms with Gasteiger partial charge in [-0.3, -0.25) is 4.79 Å². The Labute approximate surface area is 128 Å². The number of nitrogen functional groups attached to an aromatic ring is 1. The van der Waals surface area contributed by atoms with E-state index in [1.807, 2.05) is 0 Å². The molecule has 0 unspecified atom stereocenters. The van der Waals surface area contributed by atoms with E-state index >= 15 is 0 Å². The highest BCUT2D eigenvalue weighted by atomic mass is 79.9. The number of hydrogen-bond donors (Lipinski definition) is 4. The highest BCUT2D eigenvalue weighted by molar-refractivity contribution is 9.10. The number of nitrogens with two attached hydrogens (primary N) is 1. The Hall–Kier alpha value is -2.54. The number of anilines is 2. The smallest absolute Gasteiger partial charge is 0.337 e. The van der Waals surface area contributed by atoms with E-state index in [1.165, 1.54) is 30.3 Å². The Kier molecular flexibility index (Phi) is 4.13. The van der Waals surface area contributed by atoms with Crippen molar-refractivity contribution in [1.29, 1.82) is 0 Å². The number of benzene rings is 2. The van der Waals surface area contributed by atoms with Gasteiger partial charge in [0.05, 0.1) is 16.8 Å². The van der Waals surface area contributed by atoms with Gasteiger partial charge in [0.15, 0.2) is 0 Å². The number of carbonyl (C=O) groups is 2. The van der Waals surface area contributed by atoms with Gasteiger partial charge in [-0.1, -0.05) is 15.9 Å². The minimum Gasteiger partial charge on any atom is -0.507 e. The highest BCUT2D eigenvalue weighted by Gasteiger charge is 2.16. The molecule has 0 aliphatic rings. The van der Waals surface area contributed by atoms with Gasteiger partial charge < -0.3 is 21.3 Å². The van der Waals surface area contributed by atoms with Crippen LogP contribution in [-0.2, 0) is 0 Å². The molecule has 108 valence electrons. The zero-order chi connectivity index (χ0) is 15.6. The molecule has 0 saturated heterocycles. The predicted molar refractivity (Wildman–Crippen MR) is 81.6 cm³/mol. The lowest BCUT2D eigenvalue weighted by Gasteiger charge is -2.10. The number of aromatic carboxylic acids is 1. The SMILES string of the molecule is Nc1ccc(C(=O)O)c(NC(=O)c2ccc(Br)cc2O)c1. The third kappa shape index (κ3) is 3.32. The number of carboxylic acid groups (broad SMARTS) is 1. The van der Waals surface area contributed by atoms with E-state index in [4.69, 9.17) is 10.8 Å². The Bertz CT molecular complexity index is 731. The van der Waals surface area contributed by atoms with Gasteiger partial charge in [-0.2, -0.15) is 0 Å². The number of carbonyl (C=O) groups excluding carboxylic acids is 1. The van der Waals surface area contributed by atoms with Crippen molar-refractivity contribution in [3.8, 4) is 5.75 Å². The summed E-state index contributed by atoms with van der Waals surface area (Å²) in [4.78, 5) is 23.2. The standard InChI is InChI=1S/C14H11BrN2O4/c15-7-1-3-10(12(18)5-7)13(19)17-11-6-8(16)2-4-9(11)14(20)21/h1-6,18H,16H2,(H,17,19)(H,20,21). The van der Waals surface area contributed by atoms with E-state index in [0.29, 0.717) is 10.2 Å². The molecule has 7 heteroatoms. The summed E-state index contributed by atoms with van der Waals surface area (Å²) in [5, 5.41) is 21.3. The van der Waals surface area contributed by atoms with E-state index in [2.05, 4.69) is 21.2 Å². The van der Waals surface area contributed by atoms with Crippen LogP contribution in [0.25, 0.3) is 0 Å². The Morgan fingerprint density at radius 1 is 1.10 bits per heavy atom. The maximum absolute atomic E-state index is 12.1. The Balaban J connectivity index is 2.35. The molecule has 1 amide bonds. The predicted octanol–water partition coefficient (Wildman–Crippen LogP) is 2.69. The topological polar surface area (TPSA) is 113 Å². The fourth-order valence-electron chi connectivity index (χ4n) is 1.74. The summed E-state index contributed by atoms with van der Waals surface area (Å²) in [5.74, 6) is -2.04. The second-order valence-corrected chi connectivity index (χ2v) is 5.14. The third-order valence-corrected chi connectivity index (χ3v) is 3.22. The number of rotatable bonds is 3. The zero-order valence-electron chi connectivity index (χ0n) is 10.6. The molecule has 5 N–H and O–H groups in total. The van der Waals surface area contributed by atoms with Gasteiger partial charge in [0.1, 0.15) is 5.75 Å². The molecule has 2 rings (SSSR count). The van der Waals surface area contributed by atoms with Gasteiger partial charge >= 0.3 is 5.97 Å². The summed E-state index contributed by atoms with van der Waals surface area (Å²) < 4.78 is 0.617. The fraction of sp³-hybridized carbons (Fsp3) is 0. The highest BCUT2D eigenvalue weighted by Crippen LogP contribution is 2.25. The summed E-state index contributed by atoms with van der Waals surface area (Å²) in [5.41, 5.74) is 5.91. The van der Waals surface area contributed by atoms with E-state index in [9.17, 15) is 14.7 Å². The summed E-state index contributed by atoms with van der Waals surface area (Å²) >= 11 is 3.17. The molecule has 2 aromatic rings. The van der Waals surface area contributed by atoms with Crippen LogP contribution < -0.4 is 11.1 Å². The van der Waals surface area contributed by atoms with Crippen LogP contribution in [0.1, 0.15) is 20.7 Å². The molecule has 6 nitrogen and oxygen atoms in total. The van der Waals surface area contributed by atoms with Gasteiger partial charge in [-0.25, -0.2) is 4.79 Å². The second kappa shape index (κ2) is 5.84. The van der Waals surface area contributed by atoms with Gasteiger partial charge in [0.25, 0.3) is 5.91 Å². The molecular weight excluding hydrogens is 340 g/mol. The number of amides is 1. The first-order valence-corrected chi connectivity index (χ1v) is 6.60. The monoisotopic (exact) mass is 350 g/mol. The average molecular weight is 351 g/mol. The van der Waals surface area contributed by atoms with Crippen LogP contribution in [0.2, 0.25) is 0 Å². The van der Waals surface area contributed by atoms with Crippen molar-refractivity contribution in [1.82, 2.24) is 0 Å². The molecule has 2 aromatic carbocycles. The first-order valence-electron chi connectivity index (χ1n) is 5.81. The van der Waals surface area contributed by atoms with E-state index in [-0.39, 0.29) is 22.6 Å². The minimum atomic E-state index is -1.19. The molecule has 0 aliphatic carbocycles. The number of nitrogens with one attached hydrogen (secondary N) is 1. The lowest BCUT2D eigenvalue weighted by molar-refractivity contribution is 0.0698. The van der Waals surface area contributed by atoms with Crippen LogP contribution in [0.5, 0.6) is 5.75 Å². The molecule has 0 spiro atoms. The fourth-order valence-corrected chi connectivity index (χ4v) is 2.09. The molecule has 0 saturated carbocycles. The van der Waals surface area contributed by atoms with Crippen LogP contribution >= 0.6 is 15.9 Å². The van der Waals surface area contributed by atoms with Crippen LogP contribution in [0.15, 0.2) is 40.9 Å². The van der Waals surface area contributed by atoms with Crippen LogP contribution in [0.4, 0.5) is 11.4 Å². The molecule has 0 heterocycles. The minimum absolute atomic E-state index is 0.0250. The quantitative estimate of drug-likeness (QED) is 0.635. The van der Waals surface area contributed by atoms with E-state index in [1.54, 1.807) is 6.07 Å². The lowest BCUT2D eigenvalue weighted by Crippen LogP contribution is -2.15. The molecule has 0 aromatic heterocycles. The number of phenols is 1. The van der Waals surface area contributed by atoms with Gasteiger partial charge in [-0.05, 0) is 36.4 Å². The van der Waals surface area contributed by atoms with Crippen molar-refractivity contribution in [3.05, 3.63) is 52.0 Å². The van der Waals surface area contributed by atoms with Gasteiger partial charge in [0.2, 0.25) is 0 Å². The first-order chi connectivity index (χ1) is 9.88. The lowest BCUT2D eigenvalue weighted by atomic mass is 10.1. The van der Waals surface area contributed by atoms with Gasteiger partial charge in [0, 0.05) is 10.2 Å². The van der Waals surface area contributed by atoms with Crippen molar-refractivity contribution in [2.45, 2.75) is 0 Å². The van der Waals surface area contributed by atoms with E-state index in [0.717, 1.165) is 0 Å². The maximum atomic E-state index is 12.1. The summed E-state index contributed by atoms with van der Waals surface area (Å²) in [6.07, 6.45) is 0. The second-order valence-electron chi connectivity index (χ2n) is 4.23. The summed E-state index contributed by atoms with van der Waals surface area (Å²) in [6, 6.07) is 8.45. The number of aromatic hydroxyl groups is 1. The van der Waals surface area contributed by atoms with Crippen LogP contribution in [0.3, 0.4) is 0 Å². The number of carboxylic acids is 1. The van der Waals surface area contributed by atoms with Crippen molar-refractivity contribution >= 4 is 39.2 Å². The molecule has 21 heavy (non-hydrogen) atoms. The van der Waals surface area contributed by atoms with E-state index < -0.39 is 11.9 Å². The molecule has 0 radical (unpaired) electrons. The Morgan fingerprint density at radius 3 is 2.38 bits per heavy atom. The van der Waals surface area contributed by atoms with Crippen molar-refractivity contribution < 1.29 is 19.8 Å². The molecule has 0 bridgehead atoms. The maximum Gasteiger partial charge on any atom is 0.337 e. The molecule has 0 atom stereocenters. The van der Waals surface area contributed by atoms with Crippen molar-refractivity contribution in [2.75, 3.05) is 11.1 Å². The third-order valence-electron chi connectivity index (χ3n) is 2.73. The summed E-state index contributed by atoms with van der Waals surface area (Å²) in [6.45, 7) is 0. The van der Waals surface area contributed by atoms with Crippen LogP contribution in [0, 0.1) is 0 Å². The largest absolute Gasteiger partial charge is 0.507 e. The molecule has 0 fully saturated rings. The first kappa shape index (κ1) is 14.9. The number of halogens is 1. The number of hydrogen-bond acceptors (Lipinski definition) is 4. The van der Waals surface area contributed by atoms with Crippen LogP contribution in [-0.4, -0.2) is 22.1 Å². The normalized spacial score (nSPS) is 10.1. The average Bonchev–Trinajstić information content (AvgIpc) is 2.37. The zero-order valence-corrected chi connectivity index (χ0v) is 12.2. The molecular formula is C14H11BrN2O4. The van der Waals surface area contributed by atoms with Gasteiger partial charge in [-0.15, -0.1) is 0 Å². The summed E-state index contributed by atoms with van der Waals surface area (Å²) in [7, 11) is 0.